The first-order chi connectivity index (χ1) is 16.9. The summed E-state index contributed by atoms with van der Waals surface area (Å²) in [5.41, 5.74) is 4.54. The monoisotopic (exact) mass is 471 g/mol. The van der Waals surface area contributed by atoms with Gasteiger partial charge in [-0.15, -0.1) is 0 Å². The highest BCUT2D eigenvalue weighted by molar-refractivity contribution is 5.94. The Balaban J connectivity index is 1.42. The van der Waals surface area contributed by atoms with E-state index in [0.29, 0.717) is 48.2 Å². The molecule has 3 heterocycles. The number of imidazole rings is 1. The molecule has 4 aromatic rings. The number of fused-ring (bicyclic) bond motifs is 1. The van der Waals surface area contributed by atoms with Crippen molar-refractivity contribution in [3.63, 3.8) is 0 Å². The highest BCUT2D eigenvalue weighted by Gasteiger charge is 2.25. The van der Waals surface area contributed by atoms with Gasteiger partial charge in [-0.2, -0.15) is 0 Å². The van der Waals surface area contributed by atoms with Crippen LogP contribution >= 0.6 is 0 Å². The summed E-state index contributed by atoms with van der Waals surface area (Å²) in [6.45, 7) is 5.88. The summed E-state index contributed by atoms with van der Waals surface area (Å²) >= 11 is 0. The molecule has 35 heavy (non-hydrogen) atoms. The predicted molar refractivity (Wildman–Crippen MR) is 135 cm³/mol. The number of H-pyrrole nitrogens is 1. The van der Waals surface area contributed by atoms with Crippen molar-refractivity contribution in [2.24, 2.45) is 0 Å². The lowest BCUT2D eigenvalue weighted by atomic mass is 9.97. The molecule has 180 valence electrons. The molecule has 2 aromatic carbocycles. The lowest BCUT2D eigenvalue weighted by molar-refractivity contribution is 0.0711. The Morgan fingerprint density at radius 1 is 1.20 bits per heavy atom. The number of ether oxygens (including phenoxy) is 1. The van der Waals surface area contributed by atoms with Gasteiger partial charge in [-0.1, -0.05) is 50.2 Å². The van der Waals surface area contributed by atoms with Crippen LogP contribution in [0, 0.1) is 0 Å². The van der Waals surface area contributed by atoms with Crippen molar-refractivity contribution in [3.8, 4) is 11.4 Å². The van der Waals surface area contributed by atoms with Gasteiger partial charge in [0.1, 0.15) is 5.52 Å². The molecular formula is C27H29N5O3. The van der Waals surface area contributed by atoms with E-state index >= 15 is 0 Å². The second kappa shape index (κ2) is 9.46. The maximum atomic E-state index is 12.8. The molecule has 1 amide bonds. The van der Waals surface area contributed by atoms with E-state index in [2.05, 4.69) is 29.9 Å². The summed E-state index contributed by atoms with van der Waals surface area (Å²) in [7, 11) is 1.82. The predicted octanol–water partition coefficient (Wildman–Crippen LogP) is 3.82. The van der Waals surface area contributed by atoms with Crippen LogP contribution in [0.4, 0.5) is 0 Å². The number of amides is 1. The zero-order valence-electron chi connectivity index (χ0n) is 20.2. The van der Waals surface area contributed by atoms with E-state index in [-0.39, 0.29) is 17.6 Å². The third-order valence-corrected chi connectivity index (χ3v) is 6.65. The number of carbonyl (C=O) groups excluding carboxylic acids is 1. The van der Waals surface area contributed by atoms with Crippen LogP contribution in [0.2, 0.25) is 0 Å². The van der Waals surface area contributed by atoms with Crippen LogP contribution < -0.4 is 5.69 Å². The van der Waals surface area contributed by atoms with Gasteiger partial charge in [-0.3, -0.25) is 9.36 Å². The molecule has 0 spiro atoms. The van der Waals surface area contributed by atoms with E-state index < -0.39 is 0 Å². The summed E-state index contributed by atoms with van der Waals surface area (Å²) in [6, 6.07) is 15.6. The van der Waals surface area contributed by atoms with Crippen LogP contribution in [0.1, 0.15) is 47.7 Å². The third-order valence-electron chi connectivity index (χ3n) is 6.65. The fraction of sp³-hybridized carbons (Fsp3) is 0.333. The number of aromatic nitrogens is 4. The van der Waals surface area contributed by atoms with E-state index in [1.807, 2.05) is 49.5 Å². The normalized spacial score (nSPS) is 15.7. The maximum absolute atomic E-state index is 12.8. The molecule has 1 atom stereocenters. The van der Waals surface area contributed by atoms with Crippen LogP contribution in [-0.2, 0) is 11.3 Å². The van der Waals surface area contributed by atoms with Gasteiger partial charge in [0.05, 0.1) is 25.4 Å². The van der Waals surface area contributed by atoms with Crippen LogP contribution in [0.3, 0.4) is 0 Å². The van der Waals surface area contributed by atoms with E-state index in [4.69, 9.17) is 9.72 Å². The second-order valence-corrected chi connectivity index (χ2v) is 9.32. The van der Waals surface area contributed by atoms with Crippen LogP contribution in [-0.4, -0.2) is 56.6 Å². The molecule has 1 fully saturated rings. The molecular weight excluding hydrogens is 442 g/mol. The maximum Gasteiger partial charge on any atom is 0.328 e. The van der Waals surface area contributed by atoms with Crippen molar-refractivity contribution in [3.05, 3.63) is 81.9 Å². The zero-order valence-corrected chi connectivity index (χ0v) is 20.2. The zero-order chi connectivity index (χ0) is 24.5. The Labute approximate surface area is 203 Å². The SMILES string of the molecule is CC(C)c1ccccc1-c1ncc2[nH]c(=O)n(Cc3ccc(C(=O)N(C)C4CCOC4)cc3)c2n1. The van der Waals surface area contributed by atoms with Crippen molar-refractivity contribution in [2.45, 2.75) is 38.8 Å². The molecule has 0 saturated carbocycles. The third kappa shape index (κ3) is 4.49. The van der Waals surface area contributed by atoms with Gasteiger partial charge in [0, 0.05) is 24.8 Å². The minimum Gasteiger partial charge on any atom is -0.379 e. The fourth-order valence-corrected chi connectivity index (χ4v) is 4.56. The molecule has 1 saturated heterocycles. The van der Waals surface area contributed by atoms with Gasteiger partial charge in [-0.25, -0.2) is 14.8 Å². The molecule has 2 aromatic heterocycles. The van der Waals surface area contributed by atoms with Crippen LogP contribution in [0.15, 0.2) is 59.5 Å². The van der Waals surface area contributed by atoms with Crippen molar-refractivity contribution in [1.82, 2.24) is 24.4 Å². The Morgan fingerprint density at radius 3 is 2.69 bits per heavy atom. The van der Waals surface area contributed by atoms with E-state index in [0.717, 1.165) is 23.1 Å². The number of likely N-dealkylation sites (N-methyl/N-ethyl adjacent to an activating group) is 1. The lowest BCUT2D eigenvalue weighted by Crippen LogP contribution is -2.37. The molecule has 8 nitrogen and oxygen atoms in total. The lowest BCUT2D eigenvalue weighted by Gasteiger charge is -2.23. The summed E-state index contributed by atoms with van der Waals surface area (Å²) < 4.78 is 7.01. The van der Waals surface area contributed by atoms with Crippen LogP contribution in [0.25, 0.3) is 22.6 Å². The fourth-order valence-electron chi connectivity index (χ4n) is 4.56. The number of hydrogen-bond donors (Lipinski definition) is 1. The van der Waals surface area contributed by atoms with Crippen molar-refractivity contribution < 1.29 is 9.53 Å². The first kappa shape index (κ1) is 23.0. The van der Waals surface area contributed by atoms with E-state index in [1.54, 1.807) is 15.7 Å². The number of aromatic amines is 1. The molecule has 1 N–H and O–H groups in total. The molecule has 5 rings (SSSR count). The molecule has 8 heteroatoms. The molecule has 1 aliphatic rings. The van der Waals surface area contributed by atoms with Crippen molar-refractivity contribution >= 4 is 17.1 Å². The van der Waals surface area contributed by atoms with Crippen LogP contribution in [0.5, 0.6) is 0 Å². The first-order valence-electron chi connectivity index (χ1n) is 11.9. The summed E-state index contributed by atoms with van der Waals surface area (Å²) in [4.78, 5) is 39.5. The number of rotatable bonds is 6. The van der Waals surface area contributed by atoms with Crippen molar-refractivity contribution in [1.29, 1.82) is 0 Å². The van der Waals surface area contributed by atoms with Gasteiger partial charge >= 0.3 is 5.69 Å². The Kier molecular flexibility index (Phi) is 6.21. The first-order valence-corrected chi connectivity index (χ1v) is 11.9. The van der Waals surface area contributed by atoms with E-state index in [9.17, 15) is 9.59 Å². The minimum atomic E-state index is -0.246. The largest absolute Gasteiger partial charge is 0.379 e. The Bertz CT molecular complexity index is 1420. The summed E-state index contributed by atoms with van der Waals surface area (Å²) in [6.07, 6.45) is 2.52. The quantitative estimate of drug-likeness (QED) is 0.462. The van der Waals surface area contributed by atoms with Crippen molar-refractivity contribution in [2.75, 3.05) is 20.3 Å². The molecule has 1 aliphatic heterocycles. The number of nitrogens with zero attached hydrogens (tertiary/aromatic N) is 4. The summed E-state index contributed by atoms with van der Waals surface area (Å²) in [5.74, 6) is 0.882. The molecule has 0 bridgehead atoms. The number of carbonyl (C=O) groups is 1. The van der Waals surface area contributed by atoms with Gasteiger partial charge in [-0.05, 0) is 35.6 Å². The van der Waals surface area contributed by atoms with Gasteiger partial charge in [0.15, 0.2) is 11.5 Å². The average Bonchev–Trinajstić information content (AvgIpc) is 3.52. The Morgan fingerprint density at radius 2 is 1.97 bits per heavy atom. The minimum absolute atomic E-state index is 0.0301. The highest BCUT2D eigenvalue weighted by Crippen LogP contribution is 2.27. The number of hydrogen-bond acceptors (Lipinski definition) is 5. The molecule has 1 unspecified atom stereocenters. The number of benzene rings is 2. The average molecular weight is 472 g/mol. The molecule has 0 radical (unpaired) electrons. The highest BCUT2D eigenvalue weighted by atomic mass is 16.5. The molecule has 0 aliphatic carbocycles. The van der Waals surface area contributed by atoms with Gasteiger partial charge in [0.2, 0.25) is 0 Å². The van der Waals surface area contributed by atoms with Gasteiger partial charge in [0.25, 0.3) is 5.91 Å². The standard InChI is InChI=1S/C27H29N5O3/c1-17(2)21-6-4-5-7-22(21)24-28-14-23-25(30-24)32(27(34)29-23)15-18-8-10-19(11-9-18)26(33)31(3)20-12-13-35-16-20/h4-11,14,17,20H,12-13,15-16H2,1-3H3,(H,29,34). The number of nitrogens with one attached hydrogen (secondary N) is 1. The topological polar surface area (TPSA) is 93.1 Å². The van der Waals surface area contributed by atoms with Gasteiger partial charge < -0.3 is 14.6 Å². The second-order valence-electron chi connectivity index (χ2n) is 9.32. The summed E-state index contributed by atoms with van der Waals surface area (Å²) in [5, 5.41) is 0. The smallest absolute Gasteiger partial charge is 0.328 e. The van der Waals surface area contributed by atoms with E-state index in [1.165, 1.54) is 0 Å². The Hall–Kier alpha value is -3.78.